The van der Waals surface area contributed by atoms with Crippen LogP contribution in [0.3, 0.4) is 0 Å². The molecule has 0 saturated heterocycles. The van der Waals surface area contributed by atoms with Crippen molar-refractivity contribution in [3.63, 3.8) is 0 Å². The van der Waals surface area contributed by atoms with Gasteiger partial charge in [0.1, 0.15) is 0 Å². The Morgan fingerprint density at radius 3 is 2.79 bits per heavy atom. The fraction of sp³-hybridized carbons (Fsp3) is 0.182. The highest BCUT2D eigenvalue weighted by Gasteiger charge is 2.02. The summed E-state index contributed by atoms with van der Waals surface area (Å²) in [5, 5.41) is 2.63. The second-order valence-corrected chi connectivity index (χ2v) is 2.70. The molecule has 0 aliphatic heterocycles. The van der Waals surface area contributed by atoms with E-state index in [-0.39, 0.29) is 0 Å². The molecule has 1 N–H and O–H groups in total. The van der Waals surface area contributed by atoms with Gasteiger partial charge in [0.2, 0.25) is 0 Å². The number of carbonyl (C=O) groups is 1. The Kier molecular flexibility index (Phi) is 3.73. The molecule has 0 aliphatic carbocycles. The maximum Gasteiger partial charge on any atom is 0.411 e. The lowest BCUT2D eigenvalue weighted by Crippen LogP contribution is -2.11. The second-order valence-electron chi connectivity index (χ2n) is 2.70. The second kappa shape index (κ2) is 5.07. The summed E-state index contributed by atoms with van der Waals surface area (Å²) < 4.78 is 4.51. The minimum Gasteiger partial charge on any atom is -0.453 e. The van der Waals surface area contributed by atoms with Crippen LogP contribution in [0.25, 0.3) is 6.08 Å². The summed E-state index contributed by atoms with van der Waals surface area (Å²) in [7, 11) is 1.34. The number of allylic oxidation sites excluding steroid dienone is 1. The molecule has 0 saturated carbocycles. The zero-order valence-electron chi connectivity index (χ0n) is 8.28. The topological polar surface area (TPSA) is 38.3 Å². The molecule has 0 aromatic heterocycles. The lowest BCUT2D eigenvalue weighted by atomic mass is 10.1. The van der Waals surface area contributed by atoms with Crippen LogP contribution in [0.2, 0.25) is 0 Å². The molecule has 1 aromatic carbocycles. The maximum atomic E-state index is 11.0. The van der Waals surface area contributed by atoms with Gasteiger partial charge >= 0.3 is 6.09 Å². The first-order valence-electron chi connectivity index (χ1n) is 4.34. The molecular formula is C11H13NO2. The number of rotatable bonds is 2. The molecule has 0 spiro atoms. The summed E-state index contributed by atoms with van der Waals surface area (Å²) >= 11 is 0. The molecule has 3 nitrogen and oxygen atoms in total. The highest BCUT2D eigenvalue weighted by atomic mass is 16.5. The number of para-hydroxylation sites is 1. The fourth-order valence-corrected chi connectivity index (χ4v) is 1.10. The zero-order valence-corrected chi connectivity index (χ0v) is 8.28. The van der Waals surface area contributed by atoms with E-state index >= 15 is 0 Å². The zero-order chi connectivity index (χ0) is 10.4. The van der Waals surface area contributed by atoms with Gasteiger partial charge < -0.3 is 4.74 Å². The van der Waals surface area contributed by atoms with Gasteiger partial charge in [-0.3, -0.25) is 5.32 Å². The SMILES string of the molecule is C/C=C/c1ccccc1NC(=O)OC. The first-order valence-corrected chi connectivity index (χ1v) is 4.34. The van der Waals surface area contributed by atoms with Gasteiger partial charge in [-0.05, 0) is 18.6 Å². The third-order valence-corrected chi connectivity index (χ3v) is 1.73. The van der Waals surface area contributed by atoms with E-state index in [4.69, 9.17) is 0 Å². The van der Waals surface area contributed by atoms with E-state index in [9.17, 15) is 4.79 Å². The van der Waals surface area contributed by atoms with E-state index in [0.717, 1.165) is 11.3 Å². The molecule has 0 bridgehead atoms. The molecule has 0 heterocycles. The summed E-state index contributed by atoms with van der Waals surface area (Å²) in [6.07, 6.45) is 3.38. The van der Waals surface area contributed by atoms with E-state index in [1.807, 2.05) is 43.3 Å². The van der Waals surface area contributed by atoms with Crippen molar-refractivity contribution in [1.29, 1.82) is 0 Å². The van der Waals surface area contributed by atoms with Gasteiger partial charge in [-0.1, -0.05) is 30.4 Å². The quantitative estimate of drug-likeness (QED) is 0.780. The summed E-state index contributed by atoms with van der Waals surface area (Å²) in [5.74, 6) is 0. The van der Waals surface area contributed by atoms with Crippen molar-refractivity contribution in [2.24, 2.45) is 0 Å². The number of hydrogen-bond donors (Lipinski definition) is 1. The molecule has 1 amide bonds. The normalized spacial score (nSPS) is 10.1. The first kappa shape index (κ1) is 10.3. The summed E-state index contributed by atoms with van der Waals surface area (Å²) in [5.41, 5.74) is 1.71. The van der Waals surface area contributed by atoms with Crippen LogP contribution < -0.4 is 5.32 Å². The minimum atomic E-state index is -0.457. The number of nitrogens with one attached hydrogen (secondary N) is 1. The molecule has 0 atom stereocenters. The van der Waals surface area contributed by atoms with Gasteiger partial charge in [-0.2, -0.15) is 0 Å². The molecule has 0 radical (unpaired) electrons. The Morgan fingerprint density at radius 2 is 2.14 bits per heavy atom. The minimum absolute atomic E-state index is 0.457. The Labute approximate surface area is 83.4 Å². The third kappa shape index (κ3) is 2.62. The van der Waals surface area contributed by atoms with Crippen molar-refractivity contribution < 1.29 is 9.53 Å². The molecule has 1 aromatic rings. The van der Waals surface area contributed by atoms with Crippen LogP contribution in [-0.2, 0) is 4.74 Å². The Balaban J connectivity index is 2.89. The van der Waals surface area contributed by atoms with Crippen molar-refractivity contribution >= 4 is 17.9 Å². The number of hydrogen-bond acceptors (Lipinski definition) is 2. The van der Waals surface area contributed by atoms with Gasteiger partial charge in [0.25, 0.3) is 0 Å². The van der Waals surface area contributed by atoms with Crippen molar-refractivity contribution in [2.45, 2.75) is 6.92 Å². The largest absolute Gasteiger partial charge is 0.453 e. The van der Waals surface area contributed by atoms with Crippen LogP contribution in [0, 0.1) is 0 Å². The summed E-state index contributed by atoms with van der Waals surface area (Å²) in [6, 6.07) is 7.52. The van der Waals surface area contributed by atoms with Gasteiger partial charge in [0.15, 0.2) is 0 Å². The van der Waals surface area contributed by atoms with E-state index in [1.54, 1.807) is 0 Å². The smallest absolute Gasteiger partial charge is 0.411 e. The number of anilines is 1. The van der Waals surface area contributed by atoms with Crippen molar-refractivity contribution in [3.8, 4) is 0 Å². The van der Waals surface area contributed by atoms with Crippen molar-refractivity contribution in [2.75, 3.05) is 12.4 Å². The number of carbonyl (C=O) groups excluding carboxylic acids is 1. The lowest BCUT2D eigenvalue weighted by molar-refractivity contribution is 0.187. The number of benzene rings is 1. The van der Waals surface area contributed by atoms with E-state index in [0.29, 0.717) is 0 Å². The average molecular weight is 191 g/mol. The number of amides is 1. The molecule has 74 valence electrons. The Morgan fingerprint density at radius 1 is 1.43 bits per heavy atom. The Bertz CT molecular complexity index is 345. The number of methoxy groups -OCH3 is 1. The number of ether oxygens (including phenoxy) is 1. The summed E-state index contributed by atoms with van der Waals surface area (Å²) in [4.78, 5) is 11.0. The highest BCUT2D eigenvalue weighted by Crippen LogP contribution is 2.16. The molecule has 0 fully saturated rings. The molecule has 3 heteroatoms. The molecule has 1 rings (SSSR count). The first-order chi connectivity index (χ1) is 6.77. The summed E-state index contributed by atoms with van der Waals surface area (Å²) in [6.45, 7) is 1.93. The molecule has 0 unspecified atom stereocenters. The van der Waals surface area contributed by atoms with E-state index in [2.05, 4.69) is 10.1 Å². The standard InChI is InChI=1S/C11H13NO2/c1-3-6-9-7-4-5-8-10(9)12-11(13)14-2/h3-8H,1-2H3,(H,12,13)/b6-3+. The molecule has 14 heavy (non-hydrogen) atoms. The van der Waals surface area contributed by atoms with Crippen LogP contribution in [0.4, 0.5) is 10.5 Å². The predicted molar refractivity (Wildman–Crippen MR) is 57.2 cm³/mol. The van der Waals surface area contributed by atoms with Crippen LogP contribution >= 0.6 is 0 Å². The fourth-order valence-electron chi connectivity index (χ4n) is 1.10. The van der Waals surface area contributed by atoms with Crippen molar-refractivity contribution in [3.05, 3.63) is 35.9 Å². The maximum absolute atomic E-state index is 11.0. The van der Waals surface area contributed by atoms with Crippen LogP contribution in [0.1, 0.15) is 12.5 Å². The average Bonchev–Trinajstić information content (AvgIpc) is 2.21. The molecule has 0 aliphatic rings. The van der Waals surface area contributed by atoms with E-state index < -0.39 is 6.09 Å². The van der Waals surface area contributed by atoms with Gasteiger partial charge in [-0.25, -0.2) is 4.79 Å². The lowest BCUT2D eigenvalue weighted by Gasteiger charge is -2.06. The van der Waals surface area contributed by atoms with Crippen LogP contribution in [-0.4, -0.2) is 13.2 Å². The van der Waals surface area contributed by atoms with E-state index in [1.165, 1.54) is 7.11 Å². The van der Waals surface area contributed by atoms with Gasteiger partial charge in [0, 0.05) is 0 Å². The predicted octanol–water partition coefficient (Wildman–Crippen LogP) is 2.90. The Hall–Kier alpha value is -1.77. The monoisotopic (exact) mass is 191 g/mol. The molecular weight excluding hydrogens is 178 g/mol. The van der Waals surface area contributed by atoms with Crippen LogP contribution in [0.15, 0.2) is 30.3 Å². The highest BCUT2D eigenvalue weighted by molar-refractivity contribution is 5.87. The third-order valence-electron chi connectivity index (χ3n) is 1.73. The van der Waals surface area contributed by atoms with Gasteiger partial charge in [0.05, 0.1) is 12.8 Å². The van der Waals surface area contributed by atoms with Crippen molar-refractivity contribution in [1.82, 2.24) is 0 Å². The van der Waals surface area contributed by atoms with Gasteiger partial charge in [-0.15, -0.1) is 0 Å². The van der Waals surface area contributed by atoms with Crippen LogP contribution in [0.5, 0.6) is 0 Å².